The predicted octanol–water partition coefficient (Wildman–Crippen LogP) is 3.29. The summed E-state index contributed by atoms with van der Waals surface area (Å²) in [4.78, 5) is 18.6. The number of amides is 2. The van der Waals surface area contributed by atoms with E-state index in [0.29, 0.717) is 12.1 Å². The molecule has 3 rings (SSSR count). The Kier molecular flexibility index (Phi) is 5.86. The lowest BCUT2D eigenvalue weighted by atomic mass is 9.95. The summed E-state index contributed by atoms with van der Waals surface area (Å²) in [7, 11) is 0. The second-order valence-electron chi connectivity index (χ2n) is 6.62. The van der Waals surface area contributed by atoms with Crippen LogP contribution in [0.3, 0.4) is 0 Å². The van der Waals surface area contributed by atoms with Gasteiger partial charge < -0.3 is 14.8 Å². The molecule has 0 unspecified atom stereocenters. The summed E-state index contributed by atoms with van der Waals surface area (Å²) in [6.45, 7) is 3.90. The first kappa shape index (κ1) is 16.7. The number of rotatable bonds is 4. The molecule has 0 radical (unpaired) electrons. The van der Waals surface area contributed by atoms with Crippen LogP contribution in [0.2, 0.25) is 0 Å². The molecule has 2 atom stereocenters. The van der Waals surface area contributed by atoms with E-state index in [1.807, 2.05) is 35.4 Å². The summed E-state index contributed by atoms with van der Waals surface area (Å²) in [5.74, 6) is 1.17. The summed E-state index contributed by atoms with van der Waals surface area (Å²) < 4.78 is 2.17. The number of nitrogens with one attached hydrogen (secondary N) is 1. The Morgan fingerprint density at radius 2 is 2.13 bits per heavy atom. The maximum absolute atomic E-state index is 12.5. The van der Waals surface area contributed by atoms with E-state index < -0.39 is 0 Å². The average molecular weight is 337 g/mol. The van der Waals surface area contributed by atoms with Crippen LogP contribution in [0.15, 0.2) is 18.7 Å². The third-order valence-corrected chi connectivity index (χ3v) is 6.29. The molecule has 5 nitrogen and oxygen atoms in total. The SMILES string of the molecule is CCS[C@H]1CCC[C@@H](NC(=O)N2CCC(n3ccnc3)CC2)C1. The highest BCUT2D eigenvalue weighted by atomic mass is 32.2. The molecule has 2 heterocycles. The monoisotopic (exact) mass is 336 g/mol. The molecule has 2 aliphatic rings. The normalized spacial score (nSPS) is 26.2. The zero-order valence-corrected chi connectivity index (χ0v) is 14.8. The van der Waals surface area contributed by atoms with Crippen LogP contribution in [-0.4, -0.2) is 50.6 Å². The maximum Gasteiger partial charge on any atom is 0.317 e. The lowest BCUT2D eigenvalue weighted by molar-refractivity contribution is 0.165. The second kappa shape index (κ2) is 8.08. The summed E-state index contributed by atoms with van der Waals surface area (Å²) in [6, 6.07) is 0.995. The molecule has 23 heavy (non-hydrogen) atoms. The highest BCUT2D eigenvalue weighted by Crippen LogP contribution is 2.29. The van der Waals surface area contributed by atoms with Gasteiger partial charge in [0.25, 0.3) is 0 Å². The average Bonchev–Trinajstić information content (AvgIpc) is 3.10. The third kappa shape index (κ3) is 4.43. The van der Waals surface area contributed by atoms with Crippen molar-refractivity contribution >= 4 is 17.8 Å². The third-order valence-electron chi connectivity index (χ3n) is 5.05. The number of imidazole rings is 1. The standard InChI is InChI=1S/C17H28N4OS/c1-2-23-16-5-3-4-14(12-16)19-17(22)20-9-6-15(7-10-20)21-11-8-18-13-21/h8,11,13-16H,2-7,9-10,12H2,1H3,(H,19,22)/t14-,16+/m1/s1. The molecule has 1 aromatic rings. The van der Waals surface area contributed by atoms with Gasteiger partial charge in [-0.25, -0.2) is 9.78 Å². The first-order valence-corrected chi connectivity index (χ1v) is 9.95. The number of hydrogen-bond acceptors (Lipinski definition) is 3. The molecule has 1 saturated heterocycles. The Morgan fingerprint density at radius 3 is 2.83 bits per heavy atom. The smallest absolute Gasteiger partial charge is 0.317 e. The van der Waals surface area contributed by atoms with Crippen molar-refractivity contribution in [1.82, 2.24) is 19.8 Å². The molecule has 1 N–H and O–H groups in total. The zero-order chi connectivity index (χ0) is 16.1. The topological polar surface area (TPSA) is 50.2 Å². The van der Waals surface area contributed by atoms with Gasteiger partial charge in [0.1, 0.15) is 0 Å². The van der Waals surface area contributed by atoms with Gasteiger partial charge in [-0.1, -0.05) is 13.3 Å². The number of aromatic nitrogens is 2. The number of likely N-dealkylation sites (tertiary alicyclic amines) is 1. The lowest BCUT2D eigenvalue weighted by Gasteiger charge is -2.35. The molecule has 2 fully saturated rings. The molecule has 0 aromatic carbocycles. The molecular formula is C17H28N4OS. The van der Waals surface area contributed by atoms with E-state index in [2.05, 4.69) is 21.8 Å². The Morgan fingerprint density at radius 1 is 1.30 bits per heavy atom. The maximum atomic E-state index is 12.5. The van der Waals surface area contributed by atoms with Crippen LogP contribution in [0, 0.1) is 0 Å². The highest BCUT2D eigenvalue weighted by molar-refractivity contribution is 7.99. The summed E-state index contributed by atoms with van der Waals surface area (Å²) in [5.41, 5.74) is 0. The van der Waals surface area contributed by atoms with E-state index in [-0.39, 0.29) is 6.03 Å². The quantitative estimate of drug-likeness (QED) is 0.918. The fraction of sp³-hybridized carbons (Fsp3) is 0.765. The fourth-order valence-electron chi connectivity index (χ4n) is 3.78. The van der Waals surface area contributed by atoms with Crippen LogP contribution in [0.25, 0.3) is 0 Å². The predicted molar refractivity (Wildman–Crippen MR) is 94.8 cm³/mol. The number of hydrogen-bond donors (Lipinski definition) is 1. The van der Waals surface area contributed by atoms with Crippen molar-refractivity contribution in [1.29, 1.82) is 0 Å². The van der Waals surface area contributed by atoms with Crippen molar-refractivity contribution in [2.45, 2.75) is 62.8 Å². The van der Waals surface area contributed by atoms with Crippen molar-refractivity contribution in [2.75, 3.05) is 18.8 Å². The van der Waals surface area contributed by atoms with Crippen molar-refractivity contribution < 1.29 is 4.79 Å². The molecule has 1 aromatic heterocycles. The van der Waals surface area contributed by atoms with Crippen molar-refractivity contribution in [3.63, 3.8) is 0 Å². The largest absolute Gasteiger partial charge is 0.335 e. The minimum atomic E-state index is 0.140. The van der Waals surface area contributed by atoms with Crippen LogP contribution in [-0.2, 0) is 0 Å². The van der Waals surface area contributed by atoms with Gasteiger partial charge in [0.15, 0.2) is 0 Å². The van der Waals surface area contributed by atoms with Crippen molar-refractivity contribution in [3.8, 4) is 0 Å². The molecule has 6 heteroatoms. The minimum absolute atomic E-state index is 0.140. The van der Waals surface area contributed by atoms with E-state index >= 15 is 0 Å². The van der Waals surface area contributed by atoms with E-state index in [1.165, 1.54) is 18.6 Å². The second-order valence-corrected chi connectivity index (χ2v) is 8.20. The molecule has 1 aliphatic carbocycles. The minimum Gasteiger partial charge on any atom is -0.335 e. The van der Waals surface area contributed by atoms with E-state index in [4.69, 9.17) is 0 Å². The van der Waals surface area contributed by atoms with E-state index in [1.54, 1.807) is 0 Å². The van der Waals surface area contributed by atoms with Gasteiger partial charge in [0.2, 0.25) is 0 Å². The number of nitrogens with zero attached hydrogens (tertiary/aromatic N) is 3. The van der Waals surface area contributed by atoms with Crippen molar-refractivity contribution in [2.24, 2.45) is 0 Å². The van der Waals surface area contributed by atoms with Crippen LogP contribution in [0.4, 0.5) is 4.79 Å². The number of piperidine rings is 1. The van der Waals surface area contributed by atoms with Crippen LogP contribution >= 0.6 is 11.8 Å². The molecule has 0 bridgehead atoms. The van der Waals surface area contributed by atoms with Gasteiger partial charge in [0, 0.05) is 42.8 Å². The number of thioether (sulfide) groups is 1. The lowest BCUT2D eigenvalue weighted by Crippen LogP contribution is -2.49. The Balaban J connectivity index is 1.44. The highest BCUT2D eigenvalue weighted by Gasteiger charge is 2.27. The van der Waals surface area contributed by atoms with Crippen LogP contribution in [0.5, 0.6) is 0 Å². The first-order chi connectivity index (χ1) is 11.3. The van der Waals surface area contributed by atoms with Gasteiger partial charge in [-0.15, -0.1) is 0 Å². The summed E-state index contributed by atoms with van der Waals surface area (Å²) in [5, 5.41) is 4.01. The molecule has 0 spiro atoms. The van der Waals surface area contributed by atoms with Gasteiger partial charge in [0.05, 0.1) is 6.33 Å². The summed E-state index contributed by atoms with van der Waals surface area (Å²) in [6.07, 6.45) is 12.6. The molecular weight excluding hydrogens is 308 g/mol. The van der Waals surface area contributed by atoms with Crippen LogP contribution in [0.1, 0.15) is 51.5 Å². The number of carbonyl (C=O) groups is 1. The molecule has 128 valence electrons. The fourth-order valence-corrected chi connectivity index (χ4v) is 4.95. The van der Waals surface area contributed by atoms with Crippen LogP contribution < -0.4 is 5.32 Å². The van der Waals surface area contributed by atoms with Gasteiger partial charge >= 0.3 is 6.03 Å². The van der Waals surface area contributed by atoms with Gasteiger partial charge in [-0.05, 0) is 37.9 Å². The Bertz CT molecular complexity index is 483. The first-order valence-electron chi connectivity index (χ1n) is 8.90. The Hall–Kier alpha value is -1.17. The molecule has 1 aliphatic heterocycles. The molecule has 1 saturated carbocycles. The zero-order valence-electron chi connectivity index (χ0n) is 14.0. The van der Waals surface area contributed by atoms with Gasteiger partial charge in [-0.3, -0.25) is 0 Å². The van der Waals surface area contributed by atoms with Gasteiger partial charge in [-0.2, -0.15) is 11.8 Å². The number of carbonyl (C=O) groups excluding carboxylic acids is 1. The van der Waals surface area contributed by atoms with Crippen molar-refractivity contribution in [3.05, 3.63) is 18.7 Å². The Labute approximate surface area is 143 Å². The van der Waals surface area contributed by atoms with E-state index in [9.17, 15) is 4.79 Å². The van der Waals surface area contributed by atoms with E-state index in [0.717, 1.165) is 44.0 Å². The molecule has 2 amide bonds. The number of urea groups is 1. The summed E-state index contributed by atoms with van der Waals surface area (Å²) >= 11 is 2.04.